The lowest BCUT2D eigenvalue weighted by Gasteiger charge is -2.32. The molecule has 0 aromatic heterocycles. The Hall–Kier alpha value is -1.43. The summed E-state index contributed by atoms with van der Waals surface area (Å²) < 4.78 is 5.63. The Kier molecular flexibility index (Phi) is 5.87. The van der Waals surface area contributed by atoms with Crippen LogP contribution in [0, 0.1) is 0 Å². The molecule has 1 aromatic carbocycles. The Labute approximate surface area is 145 Å². The van der Waals surface area contributed by atoms with Crippen molar-refractivity contribution >= 4 is 5.91 Å². The van der Waals surface area contributed by atoms with Crippen molar-refractivity contribution in [2.75, 3.05) is 52.9 Å². The van der Waals surface area contributed by atoms with Gasteiger partial charge in [0.2, 0.25) is 0 Å². The molecule has 0 spiro atoms. The molecular formula is C19H29N3O2. The van der Waals surface area contributed by atoms with Gasteiger partial charge in [0.15, 0.2) is 0 Å². The largest absolute Gasteiger partial charge is 0.377 e. The first kappa shape index (κ1) is 17.4. The third-order valence-corrected chi connectivity index (χ3v) is 4.94. The van der Waals surface area contributed by atoms with Crippen LogP contribution in [0.25, 0.3) is 0 Å². The quantitative estimate of drug-likeness (QED) is 0.844. The van der Waals surface area contributed by atoms with Crippen LogP contribution in [-0.2, 0) is 11.3 Å². The van der Waals surface area contributed by atoms with E-state index < -0.39 is 0 Å². The summed E-state index contributed by atoms with van der Waals surface area (Å²) in [4.78, 5) is 19.5. The standard InChI is InChI=1S/C19H29N3O2/c1-16-14-22(8-3-13-24-16)19(23)18-6-4-17(5-7-18)15-21-11-9-20(2)10-12-21/h4-7,16H,3,8-15H2,1-2H3/t16-/m1/s1. The van der Waals surface area contributed by atoms with E-state index >= 15 is 0 Å². The summed E-state index contributed by atoms with van der Waals surface area (Å²) in [5, 5.41) is 0. The van der Waals surface area contributed by atoms with Crippen LogP contribution in [0.2, 0.25) is 0 Å². The van der Waals surface area contributed by atoms with E-state index in [1.807, 2.05) is 24.0 Å². The second-order valence-corrected chi connectivity index (χ2v) is 7.06. The minimum atomic E-state index is 0.118. The average molecular weight is 331 g/mol. The van der Waals surface area contributed by atoms with E-state index in [0.717, 1.165) is 57.9 Å². The molecule has 3 rings (SSSR count). The fourth-order valence-corrected chi connectivity index (χ4v) is 3.38. The lowest BCUT2D eigenvalue weighted by molar-refractivity contribution is 0.0562. The molecule has 0 radical (unpaired) electrons. The maximum absolute atomic E-state index is 12.7. The molecule has 0 saturated carbocycles. The van der Waals surface area contributed by atoms with E-state index in [-0.39, 0.29) is 12.0 Å². The number of amides is 1. The fourth-order valence-electron chi connectivity index (χ4n) is 3.38. The third kappa shape index (κ3) is 4.56. The predicted molar refractivity (Wildman–Crippen MR) is 95.2 cm³/mol. The summed E-state index contributed by atoms with van der Waals surface area (Å²) in [6, 6.07) is 8.15. The minimum Gasteiger partial charge on any atom is -0.377 e. The van der Waals surface area contributed by atoms with E-state index in [9.17, 15) is 4.79 Å². The number of rotatable bonds is 3. The molecule has 2 heterocycles. The van der Waals surface area contributed by atoms with Gasteiger partial charge in [-0.2, -0.15) is 0 Å². The van der Waals surface area contributed by atoms with Crippen molar-refractivity contribution in [3.63, 3.8) is 0 Å². The third-order valence-electron chi connectivity index (χ3n) is 4.94. The van der Waals surface area contributed by atoms with E-state index in [1.54, 1.807) is 0 Å². The molecule has 2 fully saturated rings. The molecule has 0 N–H and O–H groups in total. The van der Waals surface area contributed by atoms with Gasteiger partial charge in [-0.25, -0.2) is 0 Å². The Morgan fingerprint density at radius 3 is 2.54 bits per heavy atom. The molecule has 0 aliphatic carbocycles. The Bertz CT molecular complexity index is 538. The maximum atomic E-state index is 12.7. The molecule has 24 heavy (non-hydrogen) atoms. The summed E-state index contributed by atoms with van der Waals surface area (Å²) in [5.74, 6) is 0.124. The molecule has 1 aromatic rings. The summed E-state index contributed by atoms with van der Waals surface area (Å²) >= 11 is 0. The highest BCUT2D eigenvalue weighted by Gasteiger charge is 2.21. The van der Waals surface area contributed by atoms with E-state index in [4.69, 9.17) is 4.74 Å². The molecule has 2 aliphatic rings. The van der Waals surface area contributed by atoms with Gasteiger partial charge in [0.1, 0.15) is 0 Å². The highest BCUT2D eigenvalue weighted by Crippen LogP contribution is 2.14. The average Bonchev–Trinajstić information content (AvgIpc) is 2.81. The summed E-state index contributed by atoms with van der Waals surface area (Å²) in [6.45, 7) is 9.70. The normalized spacial score (nSPS) is 23.9. The second kappa shape index (κ2) is 8.10. The molecule has 132 valence electrons. The van der Waals surface area contributed by atoms with Gasteiger partial charge in [-0.05, 0) is 38.1 Å². The van der Waals surface area contributed by atoms with E-state index in [0.29, 0.717) is 6.54 Å². The van der Waals surface area contributed by atoms with Crippen LogP contribution in [0.5, 0.6) is 0 Å². The zero-order valence-electron chi connectivity index (χ0n) is 14.9. The molecule has 5 nitrogen and oxygen atoms in total. The van der Waals surface area contributed by atoms with Crippen LogP contribution in [0.15, 0.2) is 24.3 Å². The van der Waals surface area contributed by atoms with E-state index in [2.05, 4.69) is 29.0 Å². The molecular weight excluding hydrogens is 302 g/mol. The van der Waals surface area contributed by atoms with Gasteiger partial charge in [0.25, 0.3) is 5.91 Å². The highest BCUT2D eigenvalue weighted by atomic mass is 16.5. The van der Waals surface area contributed by atoms with Gasteiger partial charge < -0.3 is 14.5 Å². The molecule has 1 amide bonds. The van der Waals surface area contributed by atoms with E-state index in [1.165, 1.54) is 5.56 Å². The van der Waals surface area contributed by atoms with Crippen molar-refractivity contribution < 1.29 is 9.53 Å². The summed E-state index contributed by atoms with van der Waals surface area (Å²) in [7, 11) is 2.17. The number of likely N-dealkylation sites (N-methyl/N-ethyl adjacent to an activating group) is 1. The molecule has 2 saturated heterocycles. The van der Waals surface area contributed by atoms with Crippen molar-refractivity contribution in [3.05, 3.63) is 35.4 Å². The van der Waals surface area contributed by atoms with Crippen LogP contribution >= 0.6 is 0 Å². The van der Waals surface area contributed by atoms with Crippen LogP contribution in [0.3, 0.4) is 0 Å². The van der Waals surface area contributed by atoms with Gasteiger partial charge in [-0.1, -0.05) is 12.1 Å². The molecule has 5 heteroatoms. The Balaban J connectivity index is 1.58. The number of nitrogens with zero attached hydrogens (tertiary/aromatic N) is 3. The zero-order chi connectivity index (χ0) is 16.9. The molecule has 2 aliphatic heterocycles. The topological polar surface area (TPSA) is 36.0 Å². The van der Waals surface area contributed by atoms with Crippen LogP contribution in [0.1, 0.15) is 29.3 Å². The van der Waals surface area contributed by atoms with Crippen LogP contribution in [0.4, 0.5) is 0 Å². The predicted octanol–water partition coefficient (Wildman–Crippen LogP) is 1.68. The highest BCUT2D eigenvalue weighted by molar-refractivity contribution is 5.94. The first-order valence-corrected chi connectivity index (χ1v) is 9.02. The first-order valence-electron chi connectivity index (χ1n) is 9.02. The first-order chi connectivity index (χ1) is 11.6. The smallest absolute Gasteiger partial charge is 0.253 e. The SMILES string of the molecule is C[C@@H]1CN(C(=O)c2ccc(CN3CCN(C)CC3)cc2)CCCO1. The second-order valence-electron chi connectivity index (χ2n) is 7.06. The van der Waals surface area contributed by atoms with Gasteiger partial charge in [0, 0.05) is 58.0 Å². The molecule has 1 atom stereocenters. The molecule has 0 bridgehead atoms. The van der Waals surface area contributed by atoms with Crippen molar-refractivity contribution in [3.8, 4) is 0 Å². The number of hydrogen-bond donors (Lipinski definition) is 0. The minimum absolute atomic E-state index is 0.118. The lowest BCUT2D eigenvalue weighted by atomic mass is 10.1. The Morgan fingerprint density at radius 1 is 1.12 bits per heavy atom. The molecule has 0 unspecified atom stereocenters. The number of piperazine rings is 1. The van der Waals surface area contributed by atoms with Crippen molar-refractivity contribution in [2.45, 2.75) is 26.0 Å². The Morgan fingerprint density at radius 2 is 1.83 bits per heavy atom. The van der Waals surface area contributed by atoms with Gasteiger partial charge in [-0.15, -0.1) is 0 Å². The van der Waals surface area contributed by atoms with Crippen LogP contribution in [-0.4, -0.2) is 79.6 Å². The van der Waals surface area contributed by atoms with Gasteiger partial charge in [-0.3, -0.25) is 9.69 Å². The number of hydrogen-bond acceptors (Lipinski definition) is 4. The number of benzene rings is 1. The monoisotopic (exact) mass is 331 g/mol. The number of carbonyl (C=O) groups excluding carboxylic acids is 1. The number of ether oxygens (including phenoxy) is 1. The van der Waals surface area contributed by atoms with Crippen molar-refractivity contribution in [2.24, 2.45) is 0 Å². The summed E-state index contributed by atoms with van der Waals surface area (Å²) in [5.41, 5.74) is 2.06. The van der Waals surface area contributed by atoms with Crippen LogP contribution < -0.4 is 0 Å². The number of carbonyl (C=O) groups is 1. The zero-order valence-corrected chi connectivity index (χ0v) is 14.9. The maximum Gasteiger partial charge on any atom is 0.253 e. The van der Waals surface area contributed by atoms with Gasteiger partial charge in [0.05, 0.1) is 6.10 Å². The van der Waals surface area contributed by atoms with Crippen molar-refractivity contribution in [1.82, 2.24) is 14.7 Å². The fraction of sp³-hybridized carbons (Fsp3) is 0.632. The lowest BCUT2D eigenvalue weighted by Crippen LogP contribution is -2.43. The summed E-state index contributed by atoms with van der Waals surface area (Å²) in [6.07, 6.45) is 1.03. The van der Waals surface area contributed by atoms with Crippen molar-refractivity contribution in [1.29, 1.82) is 0 Å². The van der Waals surface area contributed by atoms with Gasteiger partial charge >= 0.3 is 0 Å².